The zero-order valence-electron chi connectivity index (χ0n) is 11.0. The van der Waals surface area contributed by atoms with Crippen molar-refractivity contribution >= 4 is 17.5 Å². The van der Waals surface area contributed by atoms with E-state index in [1.54, 1.807) is 11.9 Å². The number of amides is 1. The van der Waals surface area contributed by atoms with Crippen molar-refractivity contribution in [2.45, 2.75) is 31.6 Å². The molecule has 0 aliphatic carbocycles. The maximum Gasteiger partial charge on any atom is 0.251 e. The van der Waals surface area contributed by atoms with E-state index in [0.29, 0.717) is 18.1 Å². The Labute approximate surface area is 118 Å². The van der Waals surface area contributed by atoms with Gasteiger partial charge in [-0.1, -0.05) is 29.8 Å². The number of nitrogens with two attached hydrogens (primary N) is 1. The van der Waals surface area contributed by atoms with Gasteiger partial charge in [0.2, 0.25) is 0 Å². The third-order valence-electron chi connectivity index (χ3n) is 3.39. The first-order valence-corrected chi connectivity index (χ1v) is 6.83. The summed E-state index contributed by atoms with van der Waals surface area (Å²) in [5.41, 5.74) is 6.49. The number of halogens is 1. The lowest BCUT2D eigenvalue weighted by molar-refractivity contribution is -0.141. The number of nitrogens with zero attached hydrogens (tertiary/aromatic N) is 1. The first kappa shape index (κ1) is 14.3. The summed E-state index contributed by atoms with van der Waals surface area (Å²) in [5, 5.41) is 0.675. The fraction of sp³-hybridized carbons (Fsp3) is 0.500. The van der Waals surface area contributed by atoms with Crippen molar-refractivity contribution in [3.63, 3.8) is 0 Å². The van der Waals surface area contributed by atoms with Gasteiger partial charge in [0.05, 0.1) is 6.10 Å². The molecule has 0 bridgehead atoms. The van der Waals surface area contributed by atoms with Gasteiger partial charge in [0, 0.05) is 25.2 Å². The SMILES string of the molecule is CN(Cc1ccccc1Cl)C(=O)[C@@H]1CC[C@H](CN)O1. The number of carbonyl (C=O) groups excluding carboxylic acids is 1. The second-order valence-corrected chi connectivity index (χ2v) is 5.25. The van der Waals surface area contributed by atoms with Crippen LogP contribution in [0.2, 0.25) is 5.02 Å². The van der Waals surface area contributed by atoms with Crippen LogP contribution < -0.4 is 5.73 Å². The fourth-order valence-electron chi connectivity index (χ4n) is 2.27. The van der Waals surface area contributed by atoms with Crippen LogP contribution in [0.25, 0.3) is 0 Å². The van der Waals surface area contributed by atoms with Gasteiger partial charge >= 0.3 is 0 Å². The normalized spacial score (nSPS) is 22.5. The lowest BCUT2D eigenvalue weighted by atomic mass is 10.1. The van der Waals surface area contributed by atoms with E-state index in [1.165, 1.54) is 0 Å². The maximum absolute atomic E-state index is 12.2. The van der Waals surface area contributed by atoms with Crippen molar-refractivity contribution in [2.24, 2.45) is 5.73 Å². The van der Waals surface area contributed by atoms with Gasteiger partial charge in [0.1, 0.15) is 6.10 Å². The molecular formula is C14H19ClN2O2. The Hall–Kier alpha value is -1.10. The minimum Gasteiger partial charge on any atom is -0.364 e. The molecule has 1 aliphatic heterocycles. The van der Waals surface area contributed by atoms with Gasteiger partial charge in [-0.2, -0.15) is 0 Å². The van der Waals surface area contributed by atoms with Crippen LogP contribution in [0, 0.1) is 0 Å². The van der Waals surface area contributed by atoms with Crippen LogP contribution in [0.4, 0.5) is 0 Å². The minimum atomic E-state index is -0.360. The van der Waals surface area contributed by atoms with Gasteiger partial charge in [-0.15, -0.1) is 0 Å². The van der Waals surface area contributed by atoms with E-state index >= 15 is 0 Å². The van der Waals surface area contributed by atoms with Crippen molar-refractivity contribution in [1.29, 1.82) is 0 Å². The molecule has 2 atom stereocenters. The van der Waals surface area contributed by atoms with Gasteiger partial charge in [-0.25, -0.2) is 0 Å². The predicted octanol–water partition coefficient (Wildman–Crippen LogP) is 1.80. The Morgan fingerprint density at radius 2 is 2.21 bits per heavy atom. The highest BCUT2D eigenvalue weighted by Crippen LogP contribution is 2.22. The predicted molar refractivity (Wildman–Crippen MR) is 74.9 cm³/mol. The quantitative estimate of drug-likeness (QED) is 0.916. The summed E-state index contributed by atoms with van der Waals surface area (Å²) in [4.78, 5) is 13.9. The molecule has 19 heavy (non-hydrogen) atoms. The molecule has 2 N–H and O–H groups in total. The molecule has 1 amide bonds. The summed E-state index contributed by atoms with van der Waals surface area (Å²) >= 11 is 6.09. The molecule has 1 aromatic carbocycles. The van der Waals surface area contributed by atoms with E-state index in [9.17, 15) is 4.79 Å². The van der Waals surface area contributed by atoms with Crippen molar-refractivity contribution in [3.8, 4) is 0 Å². The average Bonchev–Trinajstić information content (AvgIpc) is 2.89. The van der Waals surface area contributed by atoms with E-state index in [0.717, 1.165) is 18.4 Å². The maximum atomic E-state index is 12.2. The number of rotatable bonds is 4. The smallest absolute Gasteiger partial charge is 0.251 e. The van der Waals surface area contributed by atoms with Gasteiger partial charge in [-0.3, -0.25) is 4.79 Å². The molecule has 0 spiro atoms. The average molecular weight is 283 g/mol. The summed E-state index contributed by atoms with van der Waals surface area (Å²) < 4.78 is 5.61. The van der Waals surface area contributed by atoms with Gasteiger partial charge in [0.25, 0.3) is 5.91 Å². The Bertz CT molecular complexity index is 453. The van der Waals surface area contributed by atoms with E-state index < -0.39 is 0 Å². The molecule has 4 nitrogen and oxygen atoms in total. The molecule has 0 aromatic heterocycles. The Kier molecular flexibility index (Phi) is 4.80. The third-order valence-corrected chi connectivity index (χ3v) is 3.76. The molecule has 0 unspecified atom stereocenters. The highest BCUT2D eigenvalue weighted by Gasteiger charge is 2.31. The van der Waals surface area contributed by atoms with Crippen molar-refractivity contribution in [3.05, 3.63) is 34.9 Å². The van der Waals surface area contributed by atoms with Gasteiger partial charge in [-0.05, 0) is 24.5 Å². The Morgan fingerprint density at radius 3 is 2.84 bits per heavy atom. The molecule has 0 radical (unpaired) electrons. The number of benzene rings is 1. The van der Waals surface area contributed by atoms with E-state index in [1.807, 2.05) is 24.3 Å². The molecule has 1 saturated heterocycles. The van der Waals surface area contributed by atoms with E-state index in [4.69, 9.17) is 22.1 Å². The lowest BCUT2D eigenvalue weighted by Gasteiger charge is -2.21. The van der Waals surface area contributed by atoms with Crippen LogP contribution >= 0.6 is 11.6 Å². The highest BCUT2D eigenvalue weighted by molar-refractivity contribution is 6.31. The van der Waals surface area contributed by atoms with Crippen molar-refractivity contribution in [2.75, 3.05) is 13.6 Å². The molecule has 1 heterocycles. The van der Waals surface area contributed by atoms with Crippen LogP contribution in [-0.2, 0) is 16.1 Å². The zero-order valence-corrected chi connectivity index (χ0v) is 11.8. The third kappa shape index (κ3) is 3.47. The second kappa shape index (κ2) is 6.37. The van der Waals surface area contributed by atoms with Gasteiger partial charge in [0.15, 0.2) is 0 Å². The molecule has 2 rings (SSSR count). The molecular weight excluding hydrogens is 264 g/mol. The zero-order chi connectivity index (χ0) is 13.8. The summed E-state index contributed by atoms with van der Waals surface area (Å²) in [6, 6.07) is 7.53. The summed E-state index contributed by atoms with van der Waals surface area (Å²) in [6.45, 7) is 0.962. The largest absolute Gasteiger partial charge is 0.364 e. The first-order valence-electron chi connectivity index (χ1n) is 6.45. The minimum absolute atomic E-state index is 0.00382. The van der Waals surface area contributed by atoms with Gasteiger partial charge < -0.3 is 15.4 Å². The molecule has 0 saturated carbocycles. The number of hydrogen-bond acceptors (Lipinski definition) is 3. The molecule has 5 heteroatoms. The van der Waals surface area contributed by atoms with Crippen LogP contribution in [0.5, 0.6) is 0 Å². The van der Waals surface area contributed by atoms with Crippen LogP contribution in [-0.4, -0.2) is 36.6 Å². The monoisotopic (exact) mass is 282 g/mol. The topological polar surface area (TPSA) is 55.6 Å². The van der Waals surface area contributed by atoms with Crippen LogP contribution in [0.15, 0.2) is 24.3 Å². The summed E-state index contributed by atoms with van der Waals surface area (Å²) in [5.74, 6) is -0.00382. The number of ether oxygens (including phenoxy) is 1. The van der Waals surface area contributed by atoms with E-state index in [-0.39, 0.29) is 18.1 Å². The van der Waals surface area contributed by atoms with Crippen LogP contribution in [0.3, 0.4) is 0 Å². The highest BCUT2D eigenvalue weighted by atomic mass is 35.5. The Morgan fingerprint density at radius 1 is 1.47 bits per heavy atom. The standard InChI is InChI=1S/C14H19ClN2O2/c1-17(9-10-4-2-3-5-12(10)15)14(18)13-7-6-11(8-16)19-13/h2-5,11,13H,6-9,16H2,1H3/t11-,13+/m1/s1. The Balaban J connectivity index is 1.95. The molecule has 1 fully saturated rings. The van der Waals surface area contributed by atoms with Crippen molar-refractivity contribution in [1.82, 2.24) is 4.90 Å². The first-order chi connectivity index (χ1) is 9.11. The number of carbonyl (C=O) groups is 1. The van der Waals surface area contributed by atoms with Crippen LogP contribution in [0.1, 0.15) is 18.4 Å². The number of hydrogen-bond donors (Lipinski definition) is 1. The van der Waals surface area contributed by atoms with E-state index in [2.05, 4.69) is 0 Å². The summed E-state index contributed by atoms with van der Waals surface area (Å²) in [7, 11) is 1.77. The molecule has 1 aromatic rings. The molecule has 104 valence electrons. The summed E-state index contributed by atoms with van der Waals surface area (Å²) in [6.07, 6.45) is 1.25. The molecule has 1 aliphatic rings. The number of likely N-dealkylation sites (N-methyl/N-ethyl adjacent to an activating group) is 1. The second-order valence-electron chi connectivity index (χ2n) is 4.85. The fourth-order valence-corrected chi connectivity index (χ4v) is 2.46. The van der Waals surface area contributed by atoms with Crippen molar-refractivity contribution < 1.29 is 9.53 Å². The lowest BCUT2D eigenvalue weighted by Crippen LogP contribution is -2.36.